The molecule has 1 aromatic heterocycles. The molecule has 1 aromatic carbocycles. The molecule has 1 unspecified atom stereocenters. The van der Waals surface area contributed by atoms with Crippen LogP contribution in [-0.2, 0) is 4.79 Å². The number of carbonyl (C=O) groups excluding carboxylic acids is 2. The summed E-state index contributed by atoms with van der Waals surface area (Å²) in [5, 5.41) is 4.05. The largest absolute Gasteiger partial charge is 0.497 e. The Balaban J connectivity index is 2.46. The van der Waals surface area contributed by atoms with Crippen molar-refractivity contribution in [2.75, 3.05) is 24.5 Å². The predicted molar refractivity (Wildman–Crippen MR) is 95.6 cm³/mol. The van der Waals surface area contributed by atoms with E-state index < -0.39 is 11.9 Å². The average Bonchev–Trinajstić information content (AvgIpc) is 2.65. The Morgan fingerprint density at radius 1 is 1.27 bits per heavy atom. The summed E-state index contributed by atoms with van der Waals surface area (Å²) < 4.78 is 10.4. The molecule has 5 N–H and O–H groups in total. The number of primary amides is 1. The Morgan fingerprint density at radius 2 is 1.88 bits per heavy atom. The second-order valence-corrected chi connectivity index (χ2v) is 5.31. The number of hydrazine groups is 1. The maximum atomic E-state index is 11.7. The fourth-order valence-electron chi connectivity index (χ4n) is 2.04. The molecule has 2 aromatic rings. The molecule has 10 nitrogen and oxygen atoms in total. The van der Waals surface area contributed by atoms with E-state index >= 15 is 0 Å². The molecular weight excluding hydrogens is 340 g/mol. The first-order chi connectivity index (χ1) is 12.4. The normalized spacial score (nSPS) is 11.4. The van der Waals surface area contributed by atoms with Gasteiger partial charge in [-0.2, -0.15) is 4.98 Å². The molecule has 0 aliphatic rings. The van der Waals surface area contributed by atoms with Crippen LogP contribution < -0.4 is 31.4 Å². The highest BCUT2D eigenvalue weighted by Crippen LogP contribution is 2.29. The van der Waals surface area contributed by atoms with Crippen LogP contribution in [0.15, 0.2) is 24.4 Å². The van der Waals surface area contributed by atoms with Crippen molar-refractivity contribution in [3.63, 3.8) is 0 Å². The zero-order chi connectivity index (χ0) is 19.3. The summed E-state index contributed by atoms with van der Waals surface area (Å²) >= 11 is 0. The average molecular weight is 360 g/mol. The number of nitrogens with two attached hydrogens (primary N) is 2. The van der Waals surface area contributed by atoms with Gasteiger partial charge in [-0.1, -0.05) is 0 Å². The van der Waals surface area contributed by atoms with Gasteiger partial charge in [-0.05, 0) is 6.92 Å². The number of anilines is 3. The van der Waals surface area contributed by atoms with Gasteiger partial charge in [-0.25, -0.2) is 10.8 Å². The minimum Gasteiger partial charge on any atom is -0.497 e. The van der Waals surface area contributed by atoms with E-state index in [4.69, 9.17) is 21.1 Å². The van der Waals surface area contributed by atoms with Crippen LogP contribution in [0.25, 0.3) is 0 Å². The number of amides is 1. The minimum atomic E-state index is -0.721. The Morgan fingerprint density at radius 3 is 2.38 bits per heavy atom. The molecule has 26 heavy (non-hydrogen) atoms. The van der Waals surface area contributed by atoms with Gasteiger partial charge in [0.1, 0.15) is 35.2 Å². The van der Waals surface area contributed by atoms with Gasteiger partial charge < -0.3 is 25.3 Å². The molecule has 138 valence electrons. The summed E-state index contributed by atoms with van der Waals surface area (Å²) in [5.74, 6) is 6.36. The van der Waals surface area contributed by atoms with Gasteiger partial charge in [0.25, 0.3) is 5.91 Å². The number of benzene rings is 1. The molecule has 2 rings (SSSR count). The first-order valence-corrected chi connectivity index (χ1v) is 7.55. The van der Waals surface area contributed by atoms with E-state index in [9.17, 15) is 9.59 Å². The van der Waals surface area contributed by atoms with Crippen LogP contribution in [0.5, 0.6) is 11.5 Å². The molecule has 0 radical (unpaired) electrons. The van der Waals surface area contributed by atoms with Crippen LogP contribution in [0.1, 0.15) is 17.3 Å². The smallest absolute Gasteiger partial charge is 0.254 e. The van der Waals surface area contributed by atoms with Crippen molar-refractivity contribution in [1.82, 2.24) is 9.97 Å². The fourth-order valence-corrected chi connectivity index (χ4v) is 2.04. The standard InChI is InChI=1S/C16H20N6O4/c1-9(8-23)22(18)16-19-7-13(14(17)24)15(21-16)20-10-4-11(25-2)6-12(5-10)26-3/h4-9H,18H2,1-3H3,(H2,17,24)(H,19,20,21). The number of hydrogen-bond donors (Lipinski definition) is 3. The SMILES string of the molecule is COc1cc(Nc2nc(N(N)C(C)C=O)ncc2C(N)=O)cc(OC)c1. The lowest BCUT2D eigenvalue weighted by Gasteiger charge is -2.20. The number of aldehydes is 1. The number of ether oxygens (including phenoxy) is 2. The van der Waals surface area contributed by atoms with Crippen LogP contribution in [0.4, 0.5) is 17.5 Å². The van der Waals surface area contributed by atoms with E-state index in [1.54, 1.807) is 25.1 Å². The van der Waals surface area contributed by atoms with Gasteiger partial charge in [0.15, 0.2) is 0 Å². The maximum absolute atomic E-state index is 11.7. The summed E-state index contributed by atoms with van der Waals surface area (Å²) in [4.78, 5) is 30.8. The molecular formula is C16H20N6O4. The third kappa shape index (κ3) is 4.16. The topological polar surface area (TPSA) is 146 Å². The van der Waals surface area contributed by atoms with Gasteiger partial charge in [0.2, 0.25) is 5.95 Å². The van der Waals surface area contributed by atoms with Crippen LogP contribution in [-0.4, -0.2) is 42.4 Å². The lowest BCUT2D eigenvalue weighted by atomic mass is 10.2. The summed E-state index contributed by atoms with van der Waals surface area (Å²) in [6, 6.07) is 4.41. The molecule has 0 spiro atoms. The van der Waals surface area contributed by atoms with E-state index in [1.165, 1.54) is 20.4 Å². The summed E-state index contributed by atoms with van der Waals surface area (Å²) in [7, 11) is 3.03. The van der Waals surface area contributed by atoms with E-state index in [-0.39, 0.29) is 17.3 Å². The molecule has 10 heteroatoms. The molecule has 1 heterocycles. The zero-order valence-electron chi connectivity index (χ0n) is 14.6. The first-order valence-electron chi connectivity index (χ1n) is 7.55. The van der Waals surface area contributed by atoms with Gasteiger partial charge in [0.05, 0.1) is 14.2 Å². The molecule has 0 aliphatic carbocycles. The number of carbonyl (C=O) groups is 2. The van der Waals surface area contributed by atoms with Crippen LogP contribution in [0, 0.1) is 0 Å². The van der Waals surface area contributed by atoms with E-state index in [0.29, 0.717) is 23.5 Å². The summed E-state index contributed by atoms with van der Waals surface area (Å²) in [5.41, 5.74) is 5.98. The van der Waals surface area contributed by atoms with Crippen molar-refractivity contribution in [2.24, 2.45) is 11.6 Å². The van der Waals surface area contributed by atoms with Crippen LogP contribution in [0.2, 0.25) is 0 Å². The quantitative estimate of drug-likeness (QED) is 0.350. The van der Waals surface area contributed by atoms with Gasteiger partial charge in [-0.15, -0.1) is 0 Å². The zero-order valence-corrected chi connectivity index (χ0v) is 14.6. The summed E-state index contributed by atoms with van der Waals surface area (Å²) in [6.07, 6.45) is 1.88. The molecule has 0 bridgehead atoms. The molecule has 0 aliphatic heterocycles. The van der Waals surface area contributed by atoms with Crippen molar-refractivity contribution in [3.05, 3.63) is 30.0 Å². The third-order valence-electron chi connectivity index (χ3n) is 3.52. The van der Waals surface area contributed by atoms with E-state index in [0.717, 1.165) is 5.01 Å². The molecule has 0 saturated carbocycles. The number of rotatable bonds is 8. The first kappa shape index (κ1) is 18.9. The van der Waals surface area contributed by atoms with Gasteiger partial charge in [-0.3, -0.25) is 9.80 Å². The maximum Gasteiger partial charge on any atom is 0.254 e. The van der Waals surface area contributed by atoms with Crippen molar-refractivity contribution in [1.29, 1.82) is 0 Å². The lowest BCUT2D eigenvalue weighted by molar-refractivity contribution is -0.108. The number of methoxy groups -OCH3 is 2. The Kier molecular flexibility index (Phi) is 5.91. The van der Waals surface area contributed by atoms with Crippen molar-refractivity contribution in [3.8, 4) is 11.5 Å². The fraction of sp³-hybridized carbons (Fsp3) is 0.250. The highest BCUT2D eigenvalue weighted by Gasteiger charge is 2.18. The monoisotopic (exact) mass is 360 g/mol. The molecule has 1 amide bonds. The number of nitrogens with zero attached hydrogens (tertiary/aromatic N) is 3. The van der Waals surface area contributed by atoms with Gasteiger partial charge >= 0.3 is 0 Å². The van der Waals surface area contributed by atoms with Gasteiger partial charge in [0, 0.05) is 30.1 Å². The van der Waals surface area contributed by atoms with Crippen LogP contribution in [0.3, 0.4) is 0 Å². The van der Waals surface area contributed by atoms with Crippen molar-refractivity contribution in [2.45, 2.75) is 13.0 Å². The highest BCUT2D eigenvalue weighted by molar-refractivity contribution is 5.98. The second-order valence-electron chi connectivity index (χ2n) is 5.31. The third-order valence-corrected chi connectivity index (χ3v) is 3.52. The van der Waals surface area contributed by atoms with Crippen LogP contribution >= 0.6 is 0 Å². The van der Waals surface area contributed by atoms with E-state index in [1.807, 2.05) is 0 Å². The Bertz CT molecular complexity index is 791. The van der Waals surface area contributed by atoms with Crippen molar-refractivity contribution >= 4 is 29.6 Å². The molecule has 0 fully saturated rings. The minimum absolute atomic E-state index is 0.0481. The predicted octanol–water partition coefficient (Wildman–Crippen LogP) is 0.604. The van der Waals surface area contributed by atoms with Crippen molar-refractivity contribution < 1.29 is 19.1 Å². The molecule has 0 saturated heterocycles. The molecule has 1 atom stereocenters. The number of hydrogen-bond acceptors (Lipinski definition) is 9. The Labute approximate surface area is 150 Å². The second kappa shape index (κ2) is 8.12. The number of aromatic nitrogens is 2. The lowest BCUT2D eigenvalue weighted by Crippen LogP contribution is -2.41. The van der Waals surface area contributed by atoms with E-state index in [2.05, 4.69) is 15.3 Å². The summed E-state index contributed by atoms with van der Waals surface area (Å²) in [6.45, 7) is 1.58. The highest BCUT2D eigenvalue weighted by atomic mass is 16.5. The Hall–Kier alpha value is -3.40. The number of nitrogens with one attached hydrogen (secondary N) is 1.